The summed E-state index contributed by atoms with van der Waals surface area (Å²) in [4.78, 5) is 11.3. The molecule has 2 amide bonds. The average molecular weight is 299 g/mol. The number of amides is 2. The molecule has 2 rings (SSSR count). The number of halogens is 1. The molecule has 4 nitrogen and oxygen atoms in total. The Kier molecular flexibility index (Phi) is 4.25. The normalized spacial score (nSPS) is 14.2. The van der Waals surface area contributed by atoms with E-state index in [0.717, 1.165) is 23.1 Å². The van der Waals surface area contributed by atoms with Crippen molar-refractivity contribution in [1.82, 2.24) is 10.6 Å². The quantitative estimate of drug-likeness (QED) is 0.820. The molecule has 0 atom stereocenters. The molecule has 5 heteroatoms. The van der Waals surface area contributed by atoms with Gasteiger partial charge in [-0.05, 0) is 37.1 Å². The van der Waals surface area contributed by atoms with Crippen molar-refractivity contribution in [2.24, 2.45) is 0 Å². The van der Waals surface area contributed by atoms with Gasteiger partial charge in [0.1, 0.15) is 12.4 Å². The van der Waals surface area contributed by atoms with Gasteiger partial charge in [-0.1, -0.05) is 15.9 Å². The predicted molar refractivity (Wildman–Crippen MR) is 69.2 cm³/mol. The minimum atomic E-state index is -0.105. The van der Waals surface area contributed by atoms with E-state index in [9.17, 15) is 4.79 Å². The zero-order valence-corrected chi connectivity index (χ0v) is 11.0. The average Bonchev–Trinajstić information content (AvgIpc) is 3.11. The van der Waals surface area contributed by atoms with E-state index in [0.29, 0.717) is 19.2 Å². The summed E-state index contributed by atoms with van der Waals surface area (Å²) in [5.41, 5.74) is 0. The Labute approximate surface area is 109 Å². The second kappa shape index (κ2) is 5.91. The largest absolute Gasteiger partial charge is 0.492 e. The van der Waals surface area contributed by atoms with Crippen LogP contribution in [0.3, 0.4) is 0 Å². The SMILES string of the molecule is O=C(NCCOc1ccc(Br)cc1)NC1CC1. The monoisotopic (exact) mass is 298 g/mol. The van der Waals surface area contributed by atoms with Gasteiger partial charge in [-0.3, -0.25) is 0 Å². The highest BCUT2D eigenvalue weighted by Gasteiger charge is 2.22. The molecule has 0 bridgehead atoms. The van der Waals surface area contributed by atoms with Gasteiger partial charge in [0, 0.05) is 10.5 Å². The van der Waals surface area contributed by atoms with Crippen LogP contribution in [0.5, 0.6) is 5.75 Å². The second-order valence-electron chi connectivity index (χ2n) is 3.98. The number of benzene rings is 1. The number of carbonyl (C=O) groups excluding carboxylic acids is 1. The number of hydrogen-bond acceptors (Lipinski definition) is 2. The van der Waals surface area contributed by atoms with Crippen molar-refractivity contribution in [3.63, 3.8) is 0 Å². The van der Waals surface area contributed by atoms with Crippen LogP contribution >= 0.6 is 15.9 Å². The highest BCUT2D eigenvalue weighted by Crippen LogP contribution is 2.18. The molecule has 0 radical (unpaired) electrons. The summed E-state index contributed by atoms with van der Waals surface area (Å²) in [6.07, 6.45) is 2.20. The first-order valence-corrected chi connectivity index (χ1v) is 6.46. The third kappa shape index (κ3) is 4.65. The molecule has 1 aromatic rings. The van der Waals surface area contributed by atoms with Crippen LogP contribution in [0.25, 0.3) is 0 Å². The molecule has 0 spiro atoms. The Morgan fingerprint density at radius 2 is 2.06 bits per heavy atom. The third-order valence-corrected chi connectivity index (χ3v) is 2.91. The molecule has 1 fully saturated rings. The van der Waals surface area contributed by atoms with Gasteiger partial charge in [-0.25, -0.2) is 4.79 Å². The van der Waals surface area contributed by atoms with E-state index in [2.05, 4.69) is 26.6 Å². The van der Waals surface area contributed by atoms with Crippen molar-refractivity contribution in [3.8, 4) is 5.75 Å². The number of ether oxygens (including phenoxy) is 1. The Morgan fingerprint density at radius 3 is 2.71 bits per heavy atom. The van der Waals surface area contributed by atoms with Gasteiger partial charge in [0.2, 0.25) is 0 Å². The van der Waals surface area contributed by atoms with Gasteiger partial charge in [-0.2, -0.15) is 0 Å². The number of hydrogen-bond donors (Lipinski definition) is 2. The molecule has 17 heavy (non-hydrogen) atoms. The van der Waals surface area contributed by atoms with Crippen LogP contribution in [-0.4, -0.2) is 25.2 Å². The summed E-state index contributed by atoms with van der Waals surface area (Å²) in [7, 11) is 0. The minimum Gasteiger partial charge on any atom is -0.492 e. The van der Waals surface area contributed by atoms with Crippen LogP contribution in [-0.2, 0) is 0 Å². The first-order chi connectivity index (χ1) is 8.24. The Bertz CT molecular complexity index is 377. The lowest BCUT2D eigenvalue weighted by atomic mass is 10.3. The van der Waals surface area contributed by atoms with Gasteiger partial charge >= 0.3 is 6.03 Å². The first-order valence-electron chi connectivity index (χ1n) is 5.67. The van der Waals surface area contributed by atoms with E-state index in [1.165, 1.54) is 0 Å². The molecule has 0 heterocycles. The maximum atomic E-state index is 11.3. The van der Waals surface area contributed by atoms with Crippen molar-refractivity contribution < 1.29 is 9.53 Å². The molecule has 1 aromatic carbocycles. The summed E-state index contributed by atoms with van der Waals surface area (Å²) in [5.74, 6) is 0.803. The van der Waals surface area contributed by atoms with Crippen molar-refractivity contribution in [2.45, 2.75) is 18.9 Å². The Balaban J connectivity index is 1.59. The van der Waals surface area contributed by atoms with Crippen LogP contribution in [0, 0.1) is 0 Å². The molecule has 92 valence electrons. The lowest BCUT2D eigenvalue weighted by molar-refractivity contribution is 0.236. The van der Waals surface area contributed by atoms with E-state index in [-0.39, 0.29) is 6.03 Å². The minimum absolute atomic E-state index is 0.105. The predicted octanol–water partition coefficient (Wildman–Crippen LogP) is 2.29. The number of rotatable bonds is 5. The smallest absolute Gasteiger partial charge is 0.315 e. The van der Waals surface area contributed by atoms with Crippen molar-refractivity contribution in [3.05, 3.63) is 28.7 Å². The maximum Gasteiger partial charge on any atom is 0.315 e. The fourth-order valence-electron chi connectivity index (χ4n) is 1.33. The zero-order valence-electron chi connectivity index (χ0n) is 9.41. The van der Waals surface area contributed by atoms with Crippen LogP contribution in [0.15, 0.2) is 28.7 Å². The standard InChI is InChI=1S/C12H15BrN2O2/c13-9-1-5-11(6-2-9)17-8-7-14-12(16)15-10-3-4-10/h1-2,5-6,10H,3-4,7-8H2,(H2,14,15,16). The zero-order chi connectivity index (χ0) is 12.1. The number of nitrogens with one attached hydrogen (secondary N) is 2. The lowest BCUT2D eigenvalue weighted by Crippen LogP contribution is -2.38. The third-order valence-electron chi connectivity index (χ3n) is 2.38. The van der Waals surface area contributed by atoms with Crippen molar-refractivity contribution in [1.29, 1.82) is 0 Å². The molecule has 0 saturated heterocycles. The molecule has 2 N–H and O–H groups in total. The second-order valence-corrected chi connectivity index (χ2v) is 4.89. The van der Waals surface area contributed by atoms with Crippen LogP contribution in [0.2, 0.25) is 0 Å². The van der Waals surface area contributed by atoms with Gasteiger partial charge in [0.15, 0.2) is 0 Å². The van der Waals surface area contributed by atoms with E-state index in [1.807, 2.05) is 24.3 Å². The topological polar surface area (TPSA) is 50.4 Å². The molecule has 1 saturated carbocycles. The fraction of sp³-hybridized carbons (Fsp3) is 0.417. The summed E-state index contributed by atoms with van der Waals surface area (Å²) in [5, 5.41) is 5.60. The molecule has 1 aliphatic carbocycles. The molecular formula is C12H15BrN2O2. The molecule has 0 aromatic heterocycles. The molecular weight excluding hydrogens is 284 g/mol. The van der Waals surface area contributed by atoms with Crippen LogP contribution < -0.4 is 15.4 Å². The van der Waals surface area contributed by atoms with Crippen molar-refractivity contribution >= 4 is 22.0 Å². The van der Waals surface area contributed by atoms with Gasteiger partial charge in [0.25, 0.3) is 0 Å². The summed E-state index contributed by atoms with van der Waals surface area (Å²) >= 11 is 3.35. The highest BCUT2D eigenvalue weighted by atomic mass is 79.9. The van der Waals surface area contributed by atoms with E-state index in [1.54, 1.807) is 0 Å². The Hall–Kier alpha value is -1.23. The summed E-state index contributed by atoms with van der Waals surface area (Å²) in [6.45, 7) is 0.980. The molecule has 0 unspecified atom stereocenters. The summed E-state index contributed by atoms with van der Waals surface area (Å²) < 4.78 is 6.49. The van der Waals surface area contributed by atoms with Gasteiger partial charge < -0.3 is 15.4 Å². The van der Waals surface area contributed by atoms with Crippen molar-refractivity contribution in [2.75, 3.05) is 13.2 Å². The van der Waals surface area contributed by atoms with E-state index >= 15 is 0 Å². The Morgan fingerprint density at radius 1 is 1.35 bits per heavy atom. The fourth-order valence-corrected chi connectivity index (χ4v) is 1.59. The number of urea groups is 1. The van der Waals surface area contributed by atoms with Crippen LogP contribution in [0.1, 0.15) is 12.8 Å². The van der Waals surface area contributed by atoms with Gasteiger partial charge in [-0.15, -0.1) is 0 Å². The lowest BCUT2D eigenvalue weighted by Gasteiger charge is -2.08. The first kappa shape index (κ1) is 12.2. The van der Waals surface area contributed by atoms with Crippen LogP contribution in [0.4, 0.5) is 4.79 Å². The molecule has 1 aliphatic rings. The van der Waals surface area contributed by atoms with E-state index in [4.69, 9.17) is 4.74 Å². The van der Waals surface area contributed by atoms with Gasteiger partial charge in [0.05, 0.1) is 6.54 Å². The number of carbonyl (C=O) groups is 1. The maximum absolute atomic E-state index is 11.3. The van der Waals surface area contributed by atoms with E-state index < -0.39 is 0 Å². The highest BCUT2D eigenvalue weighted by molar-refractivity contribution is 9.10. The summed E-state index contributed by atoms with van der Waals surface area (Å²) in [6, 6.07) is 7.89. The molecule has 0 aliphatic heterocycles.